The van der Waals surface area contributed by atoms with Gasteiger partial charge in [0.05, 0.1) is 6.10 Å². The van der Waals surface area contributed by atoms with Gasteiger partial charge in [-0.25, -0.2) is 0 Å². The topological polar surface area (TPSA) is 60.7 Å². The van der Waals surface area contributed by atoms with Crippen LogP contribution in [0.4, 0.5) is 0 Å². The summed E-state index contributed by atoms with van der Waals surface area (Å²) in [6, 6.07) is 3.18. The Balaban J connectivity index is 2.30. The molecule has 0 saturated carbocycles. The first-order valence-corrected chi connectivity index (χ1v) is 6.22. The second kappa shape index (κ2) is 4.57. The zero-order chi connectivity index (χ0) is 12.6. The Kier molecular flexibility index (Phi) is 3.29. The second-order valence-electron chi connectivity index (χ2n) is 5.37. The van der Waals surface area contributed by atoms with E-state index in [1.807, 2.05) is 0 Å². The minimum atomic E-state index is -0.521. The molecule has 0 bridgehead atoms. The number of phenols is 2. The monoisotopic (exact) mass is 236 g/mol. The molecule has 0 saturated heterocycles. The van der Waals surface area contributed by atoms with Crippen LogP contribution in [0.5, 0.6) is 11.5 Å². The van der Waals surface area contributed by atoms with Crippen molar-refractivity contribution in [2.75, 3.05) is 0 Å². The van der Waals surface area contributed by atoms with Crippen molar-refractivity contribution >= 4 is 0 Å². The molecule has 1 aliphatic carbocycles. The van der Waals surface area contributed by atoms with Crippen LogP contribution in [0.1, 0.15) is 43.9 Å². The molecule has 0 amide bonds. The maximum absolute atomic E-state index is 10.3. The van der Waals surface area contributed by atoms with E-state index in [2.05, 4.69) is 13.8 Å². The molecule has 0 aromatic heterocycles. The van der Waals surface area contributed by atoms with Gasteiger partial charge >= 0.3 is 0 Å². The molecule has 3 heteroatoms. The summed E-state index contributed by atoms with van der Waals surface area (Å²) in [5.74, 6) is 0.649. The van der Waals surface area contributed by atoms with E-state index in [4.69, 9.17) is 0 Å². The Morgan fingerprint density at radius 3 is 2.65 bits per heavy atom. The summed E-state index contributed by atoms with van der Waals surface area (Å²) < 4.78 is 0. The van der Waals surface area contributed by atoms with E-state index in [9.17, 15) is 15.3 Å². The molecule has 3 N–H and O–H groups in total. The smallest absolute Gasteiger partial charge is 0.161 e. The van der Waals surface area contributed by atoms with Gasteiger partial charge in [0.1, 0.15) is 0 Å². The van der Waals surface area contributed by atoms with Crippen molar-refractivity contribution in [1.82, 2.24) is 0 Å². The lowest BCUT2D eigenvalue weighted by Crippen LogP contribution is -2.22. The third-order valence-electron chi connectivity index (χ3n) is 3.60. The van der Waals surface area contributed by atoms with Crippen LogP contribution in [0.2, 0.25) is 0 Å². The molecule has 0 fully saturated rings. The van der Waals surface area contributed by atoms with Crippen molar-refractivity contribution in [3.05, 3.63) is 23.3 Å². The molecule has 0 radical (unpaired) electrons. The number of hydrogen-bond donors (Lipinski definition) is 3. The van der Waals surface area contributed by atoms with Crippen LogP contribution in [-0.4, -0.2) is 15.3 Å². The molecule has 1 aliphatic rings. The molecule has 0 heterocycles. The van der Waals surface area contributed by atoms with Crippen LogP contribution in [0.15, 0.2) is 12.1 Å². The van der Waals surface area contributed by atoms with Crippen LogP contribution in [0, 0.1) is 11.8 Å². The Bertz CT molecular complexity index is 412. The predicted molar refractivity (Wildman–Crippen MR) is 66.0 cm³/mol. The average molecular weight is 236 g/mol. The highest BCUT2D eigenvalue weighted by molar-refractivity contribution is 5.50. The lowest BCUT2D eigenvalue weighted by atomic mass is 9.77. The summed E-state index contributed by atoms with van der Waals surface area (Å²) in [5, 5.41) is 29.5. The highest BCUT2D eigenvalue weighted by atomic mass is 16.3. The third kappa shape index (κ3) is 2.25. The van der Waals surface area contributed by atoms with E-state index >= 15 is 0 Å². The number of fused-ring (bicyclic) bond motifs is 1. The van der Waals surface area contributed by atoms with Crippen LogP contribution < -0.4 is 0 Å². The van der Waals surface area contributed by atoms with Crippen LogP contribution in [0.3, 0.4) is 0 Å². The molecule has 3 nitrogen and oxygen atoms in total. The van der Waals surface area contributed by atoms with Gasteiger partial charge in [-0.15, -0.1) is 0 Å². The van der Waals surface area contributed by atoms with Gasteiger partial charge < -0.3 is 15.3 Å². The molecule has 2 atom stereocenters. The van der Waals surface area contributed by atoms with Gasteiger partial charge in [-0.3, -0.25) is 0 Å². The molecule has 17 heavy (non-hydrogen) atoms. The Labute approximate surface area is 102 Å². The predicted octanol–water partition coefficient (Wildman–Crippen LogP) is 2.74. The molecule has 1 aromatic rings. The maximum atomic E-state index is 10.3. The zero-order valence-electron chi connectivity index (χ0n) is 10.3. The van der Waals surface area contributed by atoms with E-state index in [-0.39, 0.29) is 17.4 Å². The fourth-order valence-corrected chi connectivity index (χ4v) is 2.77. The molecule has 2 rings (SSSR count). The van der Waals surface area contributed by atoms with Crippen molar-refractivity contribution in [3.63, 3.8) is 0 Å². The fourth-order valence-electron chi connectivity index (χ4n) is 2.77. The number of aromatic hydroxyl groups is 2. The molecular formula is C14H20O3. The van der Waals surface area contributed by atoms with Crippen LogP contribution in [-0.2, 0) is 6.42 Å². The Hall–Kier alpha value is -1.22. The summed E-state index contributed by atoms with van der Waals surface area (Å²) >= 11 is 0. The maximum Gasteiger partial charge on any atom is 0.161 e. The molecule has 94 valence electrons. The average Bonchev–Trinajstić information content (AvgIpc) is 2.27. The first kappa shape index (κ1) is 12.2. The van der Waals surface area contributed by atoms with E-state index < -0.39 is 6.10 Å². The van der Waals surface area contributed by atoms with Gasteiger partial charge in [-0.05, 0) is 42.7 Å². The summed E-state index contributed by atoms with van der Waals surface area (Å²) in [5.41, 5.74) is 1.48. The molecule has 0 aliphatic heterocycles. The molecular weight excluding hydrogens is 216 g/mol. The van der Waals surface area contributed by atoms with Crippen molar-refractivity contribution in [1.29, 1.82) is 0 Å². The molecule has 1 aromatic carbocycles. The summed E-state index contributed by atoms with van der Waals surface area (Å²) in [4.78, 5) is 0. The highest BCUT2D eigenvalue weighted by Gasteiger charge is 2.30. The minimum absolute atomic E-state index is 0.0652. The van der Waals surface area contributed by atoms with Crippen molar-refractivity contribution in [2.45, 2.75) is 39.2 Å². The largest absolute Gasteiger partial charge is 0.504 e. The van der Waals surface area contributed by atoms with Crippen molar-refractivity contribution < 1.29 is 15.3 Å². The zero-order valence-corrected chi connectivity index (χ0v) is 10.3. The second-order valence-corrected chi connectivity index (χ2v) is 5.37. The van der Waals surface area contributed by atoms with Gasteiger partial charge in [0, 0.05) is 5.56 Å². The standard InChI is InChI=1S/C14H20O3/c1-8(2)7-9-3-4-11-10(13(9)16)5-6-12(15)14(11)17/h5-6,8-9,13,15-17H,3-4,7H2,1-2H3/t9-,13+/m1/s1. The molecule has 0 spiro atoms. The van der Waals surface area contributed by atoms with E-state index in [0.29, 0.717) is 11.5 Å². The molecule has 0 unspecified atom stereocenters. The van der Waals surface area contributed by atoms with Gasteiger partial charge in [0.15, 0.2) is 11.5 Å². The summed E-state index contributed by atoms with van der Waals surface area (Å²) in [6.45, 7) is 4.30. The first-order valence-electron chi connectivity index (χ1n) is 6.22. The minimum Gasteiger partial charge on any atom is -0.504 e. The van der Waals surface area contributed by atoms with Gasteiger partial charge in [-0.1, -0.05) is 19.9 Å². The number of benzene rings is 1. The Morgan fingerprint density at radius 1 is 1.29 bits per heavy atom. The summed E-state index contributed by atoms with van der Waals surface area (Å²) in [6.07, 6.45) is 2.06. The van der Waals surface area contributed by atoms with E-state index in [1.165, 1.54) is 6.07 Å². The van der Waals surface area contributed by atoms with Crippen LogP contribution >= 0.6 is 0 Å². The van der Waals surface area contributed by atoms with Crippen molar-refractivity contribution in [2.24, 2.45) is 11.8 Å². The Morgan fingerprint density at radius 2 is 2.00 bits per heavy atom. The van der Waals surface area contributed by atoms with Crippen molar-refractivity contribution in [3.8, 4) is 11.5 Å². The fraction of sp³-hybridized carbons (Fsp3) is 0.571. The van der Waals surface area contributed by atoms with Gasteiger partial charge in [0.25, 0.3) is 0 Å². The van der Waals surface area contributed by atoms with Gasteiger partial charge in [0.2, 0.25) is 0 Å². The third-order valence-corrected chi connectivity index (χ3v) is 3.60. The van der Waals surface area contributed by atoms with E-state index in [0.717, 1.165) is 24.8 Å². The van der Waals surface area contributed by atoms with Gasteiger partial charge in [-0.2, -0.15) is 0 Å². The highest BCUT2D eigenvalue weighted by Crippen LogP contribution is 2.43. The van der Waals surface area contributed by atoms with E-state index in [1.54, 1.807) is 6.07 Å². The normalized spacial score (nSPS) is 23.8. The SMILES string of the molecule is CC(C)C[C@H]1CCc2c(ccc(O)c2O)[C@H]1O. The number of aliphatic hydroxyl groups excluding tert-OH is 1. The van der Waals surface area contributed by atoms with Crippen LogP contribution in [0.25, 0.3) is 0 Å². The number of aliphatic hydroxyl groups is 1. The number of phenolic OH excluding ortho intramolecular Hbond substituents is 2. The quantitative estimate of drug-likeness (QED) is 0.692. The lowest BCUT2D eigenvalue weighted by Gasteiger charge is -2.31. The lowest BCUT2D eigenvalue weighted by molar-refractivity contribution is 0.0802. The first-order chi connectivity index (χ1) is 8.00. The number of hydrogen-bond acceptors (Lipinski definition) is 3. The number of rotatable bonds is 2. The summed E-state index contributed by atoms with van der Waals surface area (Å²) in [7, 11) is 0.